The van der Waals surface area contributed by atoms with Gasteiger partial charge in [-0.15, -0.1) is 0 Å². The number of nitrogens with one attached hydrogen (secondary N) is 1. The minimum absolute atomic E-state index is 0.0256. The third kappa shape index (κ3) is 3.85. The van der Waals surface area contributed by atoms with Gasteiger partial charge in [-0.1, -0.05) is 0 Å². The fourth-order valence-electron chi connectivity index (χ4n) is 6.50. The number of phenolic OH excluding ortho intramolecular Hbond substituents is 1. The van der Waals surface area contributed by atoms with E-state index in [4.69, 9.17) is 5.73 Å². The molecule has 204 valence electrons. The molecular formula is C27H27FN4O7. The number of ketones is 4. The second-order valence-electron chi connectivity index (χ2n) is 10.6. The molecule has 11 nitrogen and oxygen atoms in total. The number of carbonyl (C=O) groups excluding carboxylic acids is 5. The van der Waals surface area contributed by atoms with Gasteiger partial charge in [0.05, 0.1) is 23.2 Å². The lowest BCUT2D eigenvalue weighted by atomic mass is 9.52. The number of nitrogens with zero attached hydrogens (tertiary/aromatic N) is 2. The van der Waals surface area contributed by atoms with Gasteiger partial charge in [0, 0.05) is 36.0 Å². The molecule has 0 spiro atoms. The Morgan fingerprint density at radius 3 is 2.59 bits per heavy atom. The lowest BCUT2D eigenvalue weighted by Crippen LogP contribution is -2.74. The summed E-state index contributed by atoms with van der Waals surface area (Å²) in [5.41, 5.74) is 2.71. The van der Waals surface area contributed by atoms with Crippen molar-refractivity contribution in [1.82, 2.24) is 9.88 Å². The SMILES string of the molecule is CN(C)[C@@H]1C(=O)C(C(N)=O)C(=O)[C@@]2(O)C(=O)C3C(=O)c4c(O)cc(CNc5cccnc5)c(F)c4C[C@H]3C[C@@H]12. The molecule has 0 bridgehead atoms. The summed E-state index contributed by atoms with van der Waals surface area (Å²) in [4.78, 5) is 71.1. The largest absolute Gasteiger partial charge is 0.507 e. The fourth-order valence-corrected chi connectivity index (χ4v) is 6.50. The molecule has 12 heteroatoms. The van der Waals surface area contributed by atoms with Crippen LogP contribution in [0, 0.1) is 29.5 Å². The number of phenols is 1. The summed E-state index contributed by atoms with van der Waals surface area (Å²) in [5.74, 6) is -12.6. The van der Waals surface area contributed by atoms with E-state index in [1.54, 1.807) is 18.3 Å². The van der Waals surface area contributed by atoms with E-state index in [1.807, 2.05) is 0 Å². The summed E-state index contributed by atoms with van der Waals surface area (Å²) in [6.07, 6.45) is 2.82. The van der Waals surface area contributed by atoms with Crippen LogP contribution in [0.15, 0.2) is 30.6 Å². The number of fused-ring (bicyclic) bond motifs is 3. The number of hydrogen-bond donors (Lipinski definition) is 4. The molecule has 2 unspecified atom stereocenters. The minimum atomic E-state index is -2.82. The van der Waals surface area contributed by atoms with Gasteiger partial charge in [-0.25, -0.2) is 4.39 Å². The molecule has 1 aromatic heterocycles. The molecule has 6 atom stereocenters. The van der Waals surface area contributed by atoms with Gasteiger partial charge < -0.3 is 21.3 Å². The third-order valence-electron chi connectivity index (χ3n) is 8.21. The van der Waals surface area contributed by atoms with E-state index in [-0.39, 0.29) is 36.1 Å². The van der Waals surface area contributed by atoms with Crippen LogP contribution in [0.1, 0.15) is 27.9 Å². The molecule has 0 saturated heterocycles. The number of halogens is 1. The first-order valence-electron chi connectivity index (χ1n) is 12.4. The van der Waals surface area contributed by atoms with Crippen LogP contribution in [0.4, 0.5) is 10.1 Å². The maximum atomic E-state index is 15.7. The van der Waals surface area contributed by atoms with E-state index >= 15 is 4.39 Å². The smallest absolute Gasteiger partial charge is 0.235 e. The molecule has 39 heavy (non-hydrogen) atoms. The average molecular weight is 539 g/mol. The van der Waals surface area contributed by atoms with Crippen molar-refractivity contribution in [3.63, 3.8) is 0 Å². The number of primary amides is 1. The van der Waals surface area contributed by atoms with Gasteiger partial charge in [0.1, 0.15) is 11.6 Å². The average Bonchev–Trinajstić information content (AvgIpc) is 2.87. The van der Waals surface area contributed by atoms with Crippen molar-refractivity contribution < 1.29 is 38.6 Å². The van der Waals surface area contributed by atoms with Crippen molar-refractivity contribution in [2.75, 3.05) is 19.4 Å². The molecule has 1 amide bonds. The summed E-state index contributed by atoms with van der Waals surface area (Å²) < 4.78 is 15.7. The number of benzene rings is 1. The number of aromatic hydroxyl groups is 1. The molecule has 5 rings (SSSR count). The van der Waals surface area contributed by atoms with Crippen molar-refractivity contribution >= 4 is 34.7 Å². The van der Waals surface area contributed by atoms with E-state index in [9.17, 15) is 34.2 Å². The van der Waals surface area contributed by atoms with Crippen molar-refractivity contribution in [3.05, 3.63) is 53.1 Å². The van der Waals surface area contributed by atoms with Crippen LogP contribution in [-0.4, -0.2) is 74.9 Å². The Hall–Kier alpha value is -4.03. The monoisotopic (exact) mass is 538 g/mol. The molecular weight excluding hydrogens is 511 g/mol. The number of amides is 1. The normalized spacial score (nSPS) is 30.0. The molecule has 0 aliphatic heterocycles. The molecule has 2 fully saturated rings. The third-order valence-corrected chi connectivity index (χ3v) is 8.21. The zero-order chi connectivity index (χ0) is 28.4. The highest BCUT2D eigenvalue weighted by atomic mass is 19.1. The lowest BCUT2D eigenvalue weighted by molar-refractivity contribution is -0.181. The summed E-state index contributed by atoms with van der Waals surface area (Å²) in [5, 5.41) is 25.3. The maximum absolute atomic E-state index is 15.7. The van der Waals surface area contributed by atoms with Crippen LogP contribution in [0.3, 0.4) is 0 Å². The number of rotatable bonds is 5. The molecule has 1 heterocycles. The highest BCUT2D eigenvalue weighted by Crippen LogP contribution is 2.51. The van der Waals surface area contributed by atoms with Crippen LogP contribution < -0.4 is 11.1 Å². The van der Waals surface area contributed by atoms with Crippen LogP contribution in [0.5, 0.6) is 5.75 Å². The van der Waals surface area contributed by atoms with Crippen LogP contribution in [-0.2, 0) is 32.1 Å². The Balaban J connectivity index is 1.55. The summed E-state index contributed by atoms with van der Waals surface area (Å²) in [7, 11) is 2.99. The number of carbonyl (C=O) groups is 5. The Kier molecular flexibility index (Phi) is 6.34. The molecule has 2 aromatic rings. The zero-order valence-corrected chi connectivity index (χ0v) is 21.2. The number of anilines is 1. The number of likely N-dealkylation sites (N-methyl/N-ethyl adjacent to an activating group) is 1. The standard InChI is InChI=1S/C27H27FN4O7/c1-32(2)21-15-7-11-6-14-18(16(33)8-12(20(14)28)9-31-13-4-3-5-30-10-13)22(34)17(11)24(36)27(15,39)25(37)19(23(21)35)26(29)38/h3-5,8,10-11,15,17,19,21,31,33,39H,6-7,9H2,1-2H3,(H2,29,38)/t11-,15-,17?,19?,21-,27-/m0/s1. The number of Topliss-reactive ketones (excluding diaryl/α,β-unsaturated/α-hetero) is 4. The predicted octanol–water partition coefficient (Wildman–Crippen LogP) is 0.0132. The van der Waals surface area contributed by atoms with Crippen molar-refractivity contribution in [3.8, 4) is 5.75 Å². The van der Waals surface area contributed by atoms with Gasteiger partial charge >= 0.3 is 0 Å². The van der Waals surface area contributed by atoms with E-state index < -0.39 is 75.9 Å². The van der Waals surface area contributed by atoms with Crippen molar-refractivity contribution in [2.24, 2.45) is 29.4 Å². The Morgan fingerprint density at radius 1 is 1.26 bits per heavy atom. The van der Waals surface area contributed by atoms with E-state index in [2.05, 4.69) is 10.3 Å². The molecule has 1 aromatic carbocycles. The van der Waals surface area contributed by atoms with Gasteiger partial charge in [0.25, 0.3) is 0 Å². The molecule has 3 aliphatic rings. The Labute approximate surface area is 222 Å². The topological polar surface area (TPSA) is 180 Å². The van der Waals surface area contributed by atoms with Gasteiger partial charge in [0.15, 0.2) is 34.7 Å². The second-order valence-corrected chi connectivity index (χ2v) is 10.6. The Morgan fingerprint density at radius 2 is 1.97 bits per heavy atom. The second kappa shape index (κ2) is 9.31. The van der Waals surface area contributed by atoms with Crippen LogP contribution >= 0.6 is 0 Å². The zero-order valence-electron chi connectivity index (χ0n) is 21.2. The van der Waals surface area contributed by atoms with Crippen LogP contribution in [0.2, 0.25) is 0 Å². The first-order chi connectivity index (χ1) is 18.4. The molecule has 3 aliphatic carbocycles. The van der Waals surface area contributed by atoms with Gasteiger partial charge in [-0.05, 0) is 51.1 Å². The van der Waals surface area contributed by atoms with E-state index in [0.29, 0.717) is 5.69 Å². The number of nitrogens with two attached hydrogens (primary N) is 1. The first kappa shape index (κ1) is 26.6. The van der Waals surface area contributed by atoms with Gasteiger partial charge in [0.2, 0.25) is 5.91 Å². The number of aliphatic hydroxyl groups is 1. The van der Waals surface area contributed by atoms with Crippen molar-refractivity contribution in [1.29, 1.82) is 0 Å². The van der Waals surface area contributed by atoms with Crippen LogP contribution in [0.25, 0.3) is 0 Å². The number of pyridine rings is 1. The fraction of sp³-hybridized carbons (Fsp3) is 0.407. The maximum Gasteiger partial charge on any atom is 0.235 e. The minimum Gasteiger partial charge on any atom is -0.507 e. The summed E-state index contributed by atoms with van der Waals surface area (Å²) in [6, 6.07) is 3.29. The summed E-state index contributed by atoms with van der Waals surface area (Å²) in [6.45, 7) is -0.0256. The van der Waals surface area contributed by atoms with Gasteiger partial charge in [-0.2, -0.15) is 0 Å². The van der Waals surface area contributed by atoms with Gasteiger partial charge in [-0.3, -0.25) is 33.9 Å². The quantitative estimate of drug-likeness (QED) is 0.379. The summed E-state index contributed by atoms with van der Waals surface area (Å²) >= 11 is 0. The highest BCUT2D eigenvalue weighted by molar-refractivity contribution is 6.32. The predicted molar refractivity (Wildman–Crippen MR) is 133 cm³/mol. The molecule has 5 N–H and O–H groups in total. The number of hydrogen-bond acceptors (Lipinski definition) is 10. The number of aromatic nitrogens is 1. The molecule has 0 radical (unpaired) electrons. The van der Waals surface area contributed by atoms with E-state index in [1.165, 1.54) is 25.2 Å². The van der Waals surface area contributed by atoms with Crippen molar-refractivity contribution in [2.45, 2.75) is 31.0 Å². The molecule has 2 saturated carbocycles. The van der Waals surface area contributed by atoms with E-state index in [0.717, 1.165) is 6.07 Å². The Bertz CT molecular complexity index is 1430. The lowest BCUT2D eigenvalue weighted by Gasteiger charge is -2.52. The highest BCUT2D eigenvalue weighted by Gasteiger charge is 2.69. The first-order valence-corrected chi connectivity index (χ1v) is 12.4.